The minimum atomic E-state index is -8.88. The van der Waals surface area contributed by atoms with Gasteiger partial charge in [-0.15, -0.1) is 0 Å². The number of thioether (sulfide) groups is 2. The van der Waals surface area contributed by atoms with E-state index in [9.17, 15) is 154 Å². The van der Waals surface area contributed by atoms with Gasteiger partial charge in [0.15, 0.2) is 0 Å². The topological polar surface area (TPSA) is 46.2 Å². The fourth-order valence-electron chi connectivity index (χ4n) is 5.17. The first-order chi connectivity index (χ1) is 32.3. The van der Waals surface area contributed by atoms with Crippen LogP contribution in [0.4, 0.5) is 155 Å². The van der Waals surface area contributed by atoms with Crippen molar-refractivity contribution in [3.63, 3.8) is 0 Å². The predicted molar refractivity (Wildman–Crippen MR) is 191 cm³/mol. The van der Waals surface area contributed by atoms with Crippen molar-refractivity contribution >= 4 is 29.2 Å². The molecular formula is C36H27F34NOS2. The number of rotatable bonds is 22. The van der Waals surface area contributed by atoms with E-state index in [0.717, 1.165) is 18.7 Å². The SMILES string of the molecule is Cc1cc(CSCCC(F)(F)C(F)(F)C(F)(F)C(F)(F)C(F)(F)C(F)(F)C(F)(F)C(F)(F)F)cc(CSCCC(F)(F)C(F)(F)C(F)(F)C(F)(F)C(F)(F)C(F)(F)C(F)(F)C(F)(F)F)c1O.Cc1ccc(N)cc1. The van der Waals surface area contributed by atoms with Crippen molar-refractivity contribution in [3.05, 3.63) is 58.7 Å². The molecule has 0 amide bonds. The Morgan fingerprint density at radius 2 is 0.649 bits per heavy atom. The lowest BCUT2D eigenvalue weighted by Gasteiger charge is -2.42. The summed E-state index contributed by atoms with van der Waals surface area (Å²) in [5, 5.41) is 10.1. The Kier molecular flexibility index (Phi) is 19.4. The van der Waals surface area contributed by atoms with E-state index in [1.54, 1.807) is 0 Å². The second-order valence-corrected chi connectivity index (χ2v) is 17.4. The molecule has 0 aliphatic carbocycles. The van der Waals surface area contributed by atoms with Crippen molar-refractivity contribution in [2.24, 2.45) is 0 Å². The van der Waals surface area contributed by atoms with Crippen LogP contribution < -0.4 is 5.73 Å². The Labute approximate surface area is 398 Å². The summed E-state index contributed by atoms with van der Waals surface area (Å²) in [5.74, 6) is -123. The molecule has 38 heteroatoms. The number of aromatic hydroxyl groups is 1. The monoisotopic (exact) mass is 1200 g/mol. The van der Waals surface area contributed by atoms with Crippen LogP contribution in [0.3, 0.4) is 0 Å². The highest BCUT2D eigenvalue weighted by atomic mass is 32.2. The molecule has 74 heavy (non-hydrogen) atoms. The first-order valence-corrected chi connectivity index (χ1v) is 20.8. The van der Waals surface area contributed by atoms with Crippen LogP contribution in [0.15, 0.2) is 36.4 Å². The van der Waals surface area contributed by atoms with Crippen LogP contribution in [-0.2, 0) is 11.5 Å². The summed E-state index contributed by atoms with van der Waals surface area (Å²) in [4.78, 5) is 0. The minimum Gasteiger partial charge on any atom is -0.507 e. The van der Waals surface area contributed by atoms with Crippen LogP contribution in [0.5, 0.6) is 5.75 Å². The third-order valence-electron chi connectivity index (χ3n) is 9.74. The lowest BCUT2D eigenvalue weighted by Crippen LogP contribution is -2.74. The molecule has 0 aliphatic heterocycles. The Bertz CT molecular complexity index is 2180. The van der Waals surface area contributed by atoms with E-state index < -0.39 is 154 Å². The van der Waals surface area contributed by atoms with Crippen LogP contribution in [0.2, 0.25) is 0 Å². The van der Waals surface area contributed by atoms with E-state index in [-0.39, 0.29) is 23.5 Å². The average molecular weight is 1200 g/mol. The molecule has 0 unspecified atom stereocenters. The van der Waals surface area contributed by atoms with Crippen LogP contribution in [0.25, 0.3) is 0 Å². The molecule has 0 heterocycles. The number of aryl methyl sites for hydroxylation is 2. The number of hydrogen-bond acceptors (Lipinski definition) is 4. The number of nitrogens with two attached hydrogens (primary N) is 1. The molecule has 2 nitrogen and oxygen atoms in total. The average Bonchev–Trinajstić information content (AvgIpc) is 3.22. The first kappa shape index (κ1) is 68.4. The third kappa shape index (κ3) is 11.5. The summed E-state index contributed by atoms with van der Waals surface area (Å²) >= 11 is -0.446. The zero-order valence-corrected chi connectivity index (χ0v) is 37.0. The zero-order valence-electron chi connectivity index (χ0n) is 35.4. The molecule has 2 rings (SSSR count). The number of benzene rings is 2. The highest BCUT2D eigenvalue weighted by Gasteiger charge is 2.97. The fourth-order valence-corrected chi connectivity index (χ4v) is 7.11. The van der Waals surface area contributed by atoms with E-state index in [2.05, 4.69) is 0 Å². The fraction of sp³-hybridized carbons (Fsp3) is 0.667. The summed E-state index contributed by atoms with van der Waals surface area (Å²) in [6.07, 6.45) is -21.8. The van der Waals surface area contributed by atoms with E-state index in [0.29, 0.717) is 6.07 Å². The van der Waals surface area contributed by atoms with Gasteiger partial charge in [0, 0.05) is 35.6 Å². The van der Waals surface area contributed by atoms with E-state index in [1.807, 2.05) is 31.2 Å². The Morgan fingerprint density at radius 1 is 0.378 bits per heavy atom. The molecule has 0 saturated heterocycles. The van der Waals surface area contributed by atoms with Crippen LogP contribution in [0.1, 0.15) is 35.1 Å². The van der Waals surface area contributed by atoms with Crippen molar-refractivity contribution in [1.82, 2.24) is 0 Å². The number of nitrogen functional groups attached to an aromatic ring is 1. The highest BCUT2D eigenvalue weighted by molar-refractivity contribution is 7.98. The standard InChI is InChI=1S/C29H18F34OS2.C7H9N/c1-10-6-11(8-65-4-2-14(30,31)16(34,35)18(38,39)20(42,43)22(46,47)24(50,51)26(54,55)28(58,59)60)7-12(13(10)64)9-66-5-3-15(32,33)17(36,37)19(40,41)21(44,45)23(48,49)25(52,53)27(56,57)29(61,62)63;1-6-2-4-7(8)5-3-6/h6-7,64H,2-5,8-9H2,1H3;2-5H,8H2,1H3. The van der Waals surface area contributed by atoms with Gasteiger partial charge in [-0.2, -0.15) is 173 Å². The lowest BCUT2D eigenvalue weighted by atomic mass is 9.88. The summed E-state index contributed by atoms with van der Waals surface area (Å²) in [6.45, 7) is 2.93. The molecular weight excluding hydrogens is 1170 g/mol. The molecule has 2 aromatic rings. The van der Waals surface area contributed by atoms with Gasteiger partial charge < -0.3 is 10.8 Å². The molecule has 0 bridgehead atoms. The second-order valence-electron chi connectivity index (χ2n) is 15.2. The molecule has 0 fully saturated rings. The minimum absolute atomic E-state index is 0.188. The quantitative estimate of drug-likeness (QED) is 0.0701. The van der Waals surface area contributed by atoms with Crippen LogP contribution >= 0.6 is 23.5 Å². The number of phenolic OH excluding ortho intramolecular Hbond substituents is 1. The molecule has 2 aromatic carbocycles. The molecule has 432 valence electrons. The number of hydrogen-bond donors (Lipinski definition) is 2. The third-order valence-corrected chi connectivity index (χ3v) is 11.8. The summed E-state index contributed by atoms with van der Waals surface area (Å²) in [6, 6.07) is 9.16. The normalized spacial score (nSPS) is 15.3. The zero-order chi connectivity index (χ0) is 59.4. The van der Waals surface area contributed by atoms with E-state index in [4.69, 9.17) is 5.73 Å². The highest BCUT2D eigenvalue weighted by Crippen LogP contribution is 2.66. The maximum atomic E-state index is 14.2. The molecule has 0 aromatic heterocycles. The molecule has 0 saturated carbocycles. The van der Waals surface area contributed by atoms with Gasteiger partial charge in [-0.3, -0.25) is 0 Å². The van der Waals surface area contributed by atoms with Crippen LogP contribution in [0, 0.1) is 13.8 Å². The Balaban J connectivity index is 0.00000310. The Hall–Kier alpha value is -3.64. The lowest BCUT2D eigenvalue weighted by molar-refractivity contribution is -0.461. The maximum absolute atomic E-state index is 14.2. The predicted octanol–water partition coefficient (Wildman–Crippen LogP) is 16.5. The maximum Gasteiger partial charge on any atom is 0.460 e. The van der Waals surface area contributed by atoms with Crippen molar-refractivity contribution in [2.75, 3.05) is 17.2 Å². The van der Waals surface area contributed by atoms with Gasteiger partial charge in [-0.25, -0.2) is 0 Å². The summed E-state index contributed by atoms with van der Waals surface area (Å²) in [7, 11) is 0. The van der Waals surface area contributed by atoms with Gasteiger partial charge in [-0.1, -0.05) is 29.8 Å². The number of halogens is 34. The van der Waals surface area contributed by atoms with Crippen molar-refractivity contribution in [3.8, 4) is 5.75 Å². The number of phenols is 1. The second kappa shape index (κ2) is 21.0. The van der Waals surface area contributed by atoms with E-state index >= 15 is 0 Å². The van der Waals surface area contributed by atoms with Gasteiger partial charge in [0.1, 0.15) is 5.75 Å². The van der Waals surface area contributed by atoms with Gasteiger partial charge in [0.2, 0.25) is 0 Å². The number of alkyl halides is 34. The van der Waals surface area contributed by atoms with Gasteiger partial charge in [0.25, 0.3) is 0 Å². The molecule has 3 N–H and O–H groups in total. The van der Waals surface area contributed by atoms with Crippen molar-refractivity contribution in [2.45, 2.75) is 133 Å². The molecule has 0 spiro atoms. The molecule has 0 radical (unpaired) electrons. The van der Waals surface area contributed by atoms with Gasteiger partial charge >= 0.3 is 95.3 Å². The summed E-state index contributed by atoms with van der Waals surface area (Å²) in [5.41, 5.74) is 6.01. The molecule has 0 atom stereocenters. The van der Waals surface area contributed by atoms with Crippen LogP contribution in [-0.4, -0.2) is 112 Å². The molecule has 0 aliphatic rings. The Morgan fingerprint density at radius 3 is 0.932 bits per heavy atom. The smallest absolute Gasteiger partial charge is 0.460 e. The number of anilines is 1. The van der Waals surface area contributed by atoms with Crippen molar-refractivity contribution < 1.29 is 154 Å². The first-order valence-electron chi connectivity index (χ1n) is 18.5. The largest absolute Gasteiger partial charge is 0.507 e. The van der Waals surface area contributed by atoms with Gasteiger partial charge in [-0.05, 0) is 48.6 Å². The van der Waals surface area contributed by atoms with Gasteiger partial charge in [0.05, 0.1) is 0 Å². The van der Waals surface area contributed by atoms with Crippen molar-refractivity contribution in [1.29, 1.82) is 0 Å². The van der Waals surface area contributed by atoms with E-state index in [1.165, 1.54) is 5.56 Å². The summed E-state index contributed by atoms with van der Waals surface area (Å²) < 4.78 is 458.